The molecule has 1 amide bonds. The molecule has 6 nitrogen and oxygen atoms in total. The number of hydrogen-bond acceptors (Lipinski definition) is 5. The number of benzene rings is 1. The Hall–Kier alpha value is -2.12. The fourth-order valence-corrected chi connectivity index (χ4v) is 2.26. The number of amides is 1. The normalized spacial score (nSPS) is 10.1. The van der Waals surface area contributed by atoms with Crippen LogP contribution >= 0.6 is 23.4 Å². The Morgan fingerprint density at radius 1 is 1.29 bits per heavy atom. The number of anilines is 1. The van der Waals surface area contributed by atoms with E-state index in [1.165, 1.54) is 30.0 Å². The quantitative estimate of drug-likeness (QED) is 0.649. The van der Waals surface area contributed by atoms with Crippen LogP contribution in [0.25, 0.3) is 0 Å². The molecule has 1 aromatic heterocycles. The van der Waals surface area contributed by atoms with E-state index in [1.54, 1.807) is 18.5 Å². The summed E-state index contributed by atoms with van der Waals surface area (Å²) in [5.74, 6) is -1.32. The second-order valence-electron chi connectivity index (χ2n) is 3.87. The van der Waals surface area contributed by atoms with Crippen molar-refractivity contribution in [1.82, 2.24) is 9.97 Å². The van der Waals surface area contributed by atoms with E-state index in [9.17, 15) is 9.59 Å². The predicted octanol–water partition coefficient (Wildman–Crippen LogP) is 2.56. The van der Waals surface area contributed by atoms with Crippen molar-refractivity contribution in [3.63, 3.8) is 0 Å². The molecule has 0 saturated carbocycles. The number of aromatic carboxylic acids is 1. The van der Waals surface area contributed by atoms with Crippen molar-refractivity contribution in [1.29, 1.82) is 0 Å². The lowest BCUT2D eigenvalue weighted by Gasteiger charge is -2.06. The number of carboxylic acid groups (broad SMARTS) is 1. The SMILES string of the molecule is O=C(CSc1ncccn1)Nc1ccc(Cl)c(C(=O)O)c1. The molecule has 0 aliphatic heterocycles. The fourth-order valence-electron chi connectivity index (χ4n) is 1.45. The van der Waals surface area contributed by atoms with Gasteiger partial charge in [0, 0.05) is 18.1 Å². The summed E-state index contributed by atoms with van der Waals surface area (Å²) >= 11 is 6.94. The van der Waals surface area contributed by atoms with Crippen molar-refractivity contribution in [3.05, 3.63) is 47.2 Å². The van der Waals surface area contributed by atoms with Crippen LogP contribution in [0.1, 0.15) is 10.4 Å². The van der Waals surface area contributed by atoms with Gasteiger partial charge >= 0.3 is 5.97 Å². The van der Waals surface area contributed by atoms with Crippen LogP contribution in [0.5, 0.6) is 0 Å². The number of hydrogen-bond donors (Lipinski definition) is 2. The Morgan fingerprint density at radius 2 is 2.00 bits per heavy atom. The van der Waals surface area contributed by atoms with Crippen LogP contribution in [0, 0.1) is 0 Å². The largest absolute Gasteiger partial charge is 0.478 e. The first-order chi connectivity index (χ1) is 10.1. The molecule has 0 aliphatic rings. The van der Waals surface area contributed by atoms with E-state index in [1.807, 2.05) is 0 Å². The highest BCUT2D eigenvalue weighted by atomic mass is 35.5. The third-order valence-electron chi connectivity index (χ3n) is 2.35. The van der Waals surface area contributed by atoms with Gasteiger partial charge in [0.15, 0.2) is 5.16 Å². The molecule has 2 rings (SSSR count). The van der Waals surface area contributed by atoms with Gasteiger partial charge < -0.3 is 10.4 Å². The minimum Gasteiger partial charge on any atom is -0.478 e. The molecular weight excluding hydrogens is 314 g/mol. The third-order valence-corrected chi connectivity index (χ3v) is 3.56. The van der Waals surface area contributed by atoms with Gasteiger partial charge in [-0.15, -0.1) is 0 Å². The van der Waals surface area contributed by atoms with Gasteiger partial charge in [0.05, 0.1) is 16.3 Å². The molecule has 1 aromatic carbocycles. The van der Waals surface area contributed by atoms with Gasteiger partial charge in [0.25, 0.3) is 0 Å². The molecule has 0 unspecified atom stereocenters. The minimum absolute atomic E-state index is 0.0616. The van der Waals surface area contributed by atoms with Crippen LogP contribution in [-0.2, 0) is 4.79 Å². The summed E-state index contributed by atoms with van der Waals surface area (Å²) in [6, 6.07) is 5.96. The van der Waals surface area contributed by atoms with Crippen molar-refractivity contribution in [2.75, 3.05) is 11.1 Å². The first-order valence-corrected chi connectivity index (χ1v) is 7.15. The zero-order valence-electron chi connectivity index (χ0n) is 10.6. The molecule has 0 saturated heterocycles. The standard InChI is InChI=1S/C13H10ClN3O3S/c14-10-3-2-8(6-9(10)12(19)20)17-11(18)7-21-13-15-4-1-5-16-13/h1-6H,7H2,(H,17,18)(H,19,20). The molecule has 0 spiro atoms. The second-order valence-corrected chi connectivity index (χ2v) is 5.22. The maximum absolute atomic E-state index is 11.8. The molecule has 0 bridgehead atoms. The maximum atomic E-state index is 11.8. The highest BCUT2D eigenvalue weighted by molar-refractivity contribution is 7.99. The van der Waals surface area contributed by atoms with Gasteiger partial charge in [-0.1, -0.05) is 23.4 Å². The molecule has 0 fully saturated rings. The van der Waals surface area contributed by atoms with Gasteiger partial charge in [-0.3, -0.25) is 4.79 Å². The highest BCUT2D eigenvalue weighted by Crippen LogP contribution is 2.21. The Labute approximate surface area is 129 Å². The zero-order chi connectivity index (χ0) is 15.2. The van der Waals surface area contributed by atoms with E-state index in [0.29, 0.717) is 10.8 Å². The Morgan fingerprint density at radius 3 is 2.67 bits per heavy atom. The molecule has 8 heteroatoms. The lowest BCUT2D eigenvalue weighted by Crippen LogP contribution is -2.14. The van der Waals surface area contributed by atoms with Crippen molar-refractivity contribution < 1.29 is 14.7 Å². The third kappa shape index (κ3) is 4.44. The summed E-state index contributed by atoms with van der Waals surface area (Å²) in [6.45, 7) is 0. The number of carboxylic acids is 1. The first-order valence-electron chi connectivity index (χ1n) is 5.79. The summed E-state index contributed by atoms with van der Waals surface area (Å²) in [6.07, 6.45) is 3.18. The predicted molar refractivity (Wildman–Crippen MR) is 79.8 cm³/mol. The lowest BCUT2D eigenvalue weighted by atomic mass is 10.2. The van der Waals surface area contributed by atoms with Crippen molar-refractivity contribution in [2.24, 2.45) is 0 Å². The number of aromatic nitrogens is 2. The van der Waals surface area contributed by atoms with Gasteiger partial charge in [-0.05, 0) is 24.3 Å². The molecule has 21 heavy (non-hydrogen) atoms. The monoisotopic (exact) mass is 323 g/mol. The molecule has 108 valence electrons. The molecule has 1 heterocycles. The number of carbonyl (C=O) groups is 2. The number of nitrogens with one attached hydrogen (secondary N) is 1. The molecule has 0 aliphatic carbocycles. The highest BCUT2D eigenvalue weighted by Gasteiger charge is 2.11. The van der Waals surface area contributed by atoms with E-state index in [-0.39, 0.29) is 22.2 Å². The maximum Gasteiger partial charge on any atom is 0.337 e. The number of rotatable bonds is 5. The smallest absolute Gasteiger partial charge is 0.337 e. The van der Waals surface area contributed by atoms with Gasteiger partial charge in [-0.25, -0.2) is 14.8 Å². The molecule has 2 aromatic rings. The average molecular weight is 324 g/mol. The van der Waals surface area contributed by atoms with Gasteiger partial charge in [0.1, 0.15) is 0 Å². The first kappa shape index (κ1) is 15.3. The Kier molecular flexibility index (Phi) is 5.13. The van der Waals surface area contributed by atoms with E-state index in [4.69, 9.17) is 16.7 Å². The van der Waals surface area contributed by atoms with E-state index >= 15 is 0 Å². The van der Waals surface area contributed by atoms with Gasteiger partial charge in [0.2, 0.25) is 5.91 Å². The molecule has 0 atom stereocenters. The van der Waals surface area contributed by atoms with E-state index < -0.39 is 5.97 Å². The molecule has 0 radical (unpaired) electrons. The summed E-state index contributed by atoms with van der Waals surface area (Å²) in [5, 5.41) is 12.2. The van der Waals surface area contributed by atoms with E-state index in [0.717, 1.165) is 0 Å². The van der Waals surface area contributed by atoms with Crippen molar-refractivity contribution >= 4 is 40.9 Å². The number of halogens is 1. The molecular formula is C13H10ClN3O3S. The van der Waals surface area contributed by atoms with Crippen LogP contribution in [0.3, 0.4) is 0 Å². The van der Waals surface area contributed by atoms with E-state index in [2.05, 4.69) is 15.3 Å². The topological polar surface area (TPSA) is 92.2 Å². The number of carbonyl (C=O) groups excluding carboxylic acids is 1. The summed E-state index contributed by atoms with van der Waals surface area (Å²) in [5.41, 5.74) is 0.310. The number of nitrogens with zero attached hydrogens (tertiary/aromatic N) is 2. The fraction of sp³-hybridized carbons (Fsp3) is 0.0769. The lowest BCUT2D eigenvalue weighted by molar-refractivity contribution is -0.113. The van der Waals surface area contributed by atoms with Crippen LogP contribution in [0.2, 0.25) is 5.02 Å². The average Bonchev–Trinajstić information content (AvgIpc) is 2.48. The number of thioether (sulfide) groups is 1. The van der Waals surface area contributed by atoms with Crippen LogP contribution < -0.4 is 5.32 Å². The van der Waals surface area contributed by atoms with Crippen molar-refractivity contribution in [3.8, 4) is 0 Å². The zero-order valence-corrected chi connectivity index (χ0v) is 12.2. The van der Waals surface area contributed by atoms with Crippen molar-refractivity contribution in [2.45, 2.75) is 5.16 Å². The van der Waals surface area contributed by atoms with Crippen LogP contribution in [0.15, 0.2) is 41.8 Å². The van der Waals surface area contributed by atoms with Crippen LogP contribution in [0.4, 0.5) is 5.69 Å². The second kappa shape index (κ2) is 7.05. The van der Waals surface area contributed by atoms with Crippen LogP contribution in [-0.4, -0.2) is 32.7 Å². The van der Waals surface area contributed by atoms with Gasteiger partial charge in [-0.2, -0.15) is 0 Å². The Balaban J connectivity index is 1.97. The summed E-state index contributed by atoms with van der Waals surface area (Å²) < 4.78 is 0. The molecule has 2 N–H and O–H groups in total. The summed E-state index contributed by atoms with van der Waals surface area (Å²) in [4.78, 5) is 30.7. The summed E-state index contributed by atoms with van der Waals surface area (Å²) in [7, 11) is 0. The Bertz CT molecular complexity index is 667. The minimum atomic E-state index is -1.15.